The Balaban J connectivity index is 3.00. The van der Waals surface area contributed by atoms with Crippen LogP contribution in [0.25, 0.3) is 0 Å². The molecule has 0 aliphatic rings. The number of nitrogens with zero attached hydrogens (tertiary/aromatic N) is 2. The van der Waals surface area contributed by atoms with Gasteiger partial charge in [0, 0.05) is 0 Å². The first-order chi connectivity index (χ1) is 8.70. The van der Waals surface area contributed by atoms with Crippen LogP contribution in [0.1, 0.15) is 40.2 Å². The molecule has 0 bridgehead atoms. The minimum absolute atomic E-state index is 0.0220. The molecular weight excluding hydrogens is 284 g/mol. The number of pyridine rings is 1. The molecule has 106 valence electrons. The second-order valence-electron chi connectivity index (χ2n) is 5.29. The Morgan fingerprint density at radius 2 is 2.05 bits per heavy atom. The number of aromatic nitrogens is 1. The lowest BCUT2D eigenvalue weighted by atomic mass is 10.3. The molecule has 19 heavy (non-hydrogen) atoms. The number of hydrogen-bond acceptors (Lipinski definition) is 3. The van der Waals surface area contributed by atoms with E-state index >= 15 is 0 Å². The second-order valence-corrected chi connectivity index (χ2v) is 7.61. The Bertz CT molecular complexity index is 496. The van der Waals surface area contributed by atoms with Gasteiger partial charge >= 0.3 is 0 Å². The summed E-state index contributed by atoms with van der Waals surface area (Å²) in [4.78, 5) is 4.11. The van der Waals surface area contributed by atoms with Crippen LogP contribution in [0.2, 0.25) is 5.15 Å². The molecule has 1 heterocycles. The van der Waals surface area contributed by atoms with E-state index in [2.05, 4.69) is 9.38 Å². The third kappa shape index (κ3) is 5.28. The van der Waals surface area contributed by atoms with Gasteiger partial charge in [-0.25, -0.2) is 9.19 Å². The van der Waals surface area contributed by atoms with Crippen LogP contribution in [0, 0.1) is 0 Å². The van der Waals surface area contributed by atoms with Gasteiger partial charge in [-0.05, 0) is 46.8 Å². The molecule has 1 aromatic rings. The van der Waals surface area contributed by atoms with Crippen molar-refractivity contribution in [2.24, 2.45) is 4.40 Å². The highest BCUT2D eigenvalue weighted by molar-refractivity contribution is 7.85. The molecule has 0 saturated carbocycles. The summed E-state index contributed by atoms with van der Waals surface area (Å²) < 4.78 is 21.1. The Morgan fingerprint density at radius 3 is 2.58 bits per heavy atom. The monoisotopic (exact) mass is 302 g/mol. The predicted molar refractivity (Wildman–Crippen MR) is 80.5 cm³/mol. The van der Waals surface area contributed by atoms with E-state index < -0.39 is 15.7 Å². The van der Waals surface area contributed by atoms with Crippen LogP contribution >= 0.6 is 11.6 Å². The van der Waals surface area contributed by atoms with Crippen molar-refractivity contribution in [3.05, 3.63) is 22.8 Å². The quantitative estimate of drug-likeness (QED) is 0.632. The normalized spacial score (nSPS) is 14.1. The average molecular weight is 303 g/mol. The highest BCUT2D eigenvalue weighted by Gasteiger charge is 2.18. The van der Waals surface area contributed by atoms with E-state index in [0.29, 0.717) is 16.6 Å². The van der Waals surface area contributed by atoms with Crippen molar-refractivity contribution in [3.8, 4) is 5.88 Å². The van der Waals surface area contributed by atoms with Crippen LogP contribution in [0.4, 0.5) is 0 Å². The molecule has 1 atom stereocenters. The van der Waals surface area contributed by atoms with Crippen LogP contribution in [0.3, 0.4) is 0 Å². The van der Waals surface area contributed by atoms with Crippen molar-refractivity contribution in [1.29, 1.82) is 0 Å². The molecule has 0 aromatic carbocycles. The Labute approximate surface area is 121 Å². The zero-order valence-corrected chi connectivity index (χ0v) is 13.4. The molecule has 0 fully saturated rings. The molecule has 0 saturated heterocycles. The Morgan fingerprint density at radius 1 is 1.42 bits per heavy atom. The predicted octanol–water partition coefficient (Wildman–Crippen LogP) is 3.40. The lowest BCUT2D eigenvalue weighted by Gasteiger charge is -2.13. The molecule has 0 amide bonds. The zero-order valence-electron chi connectivity index (χ0n) is 11.8. The van der Waals surface area contributed by atoms with E-state index in [-0.39, 0.29) is 6.10 Å². The fourth-order valence-electron chi connectivity index (χ4n) is 1.11. The van der Waals surface area contributed by atoms with Crippen molar-refractivity contribution in [2.75, 3.05) is 0 Å². The molecule has 1 unspecified atom stereocenters. The SMILES string of the molecule is CC(C)Oc1nc(Cl)ccc1C=NS(=O)C(C)(C)C. The van der Waals surface area contributed by atoms with Crippen molar-refractivity contribution >= 4 is 28.8 Å². The van der Waals surface area contributed by atoms with E-state index in [4.69, 9.17) is 16.3 Å². The molecule has 4 nitrogen and oxygen atoms in total. The van der Waals surface area contributed by atoms with Crippen LogP contribution in [-0.4, -0.2) is 26.3 Å². The first-order valence-electron chi connectivity index (χ1n) is 5.99. The maximum Gasteiger partial charge on any atom is 0.224 e. The number of ether oxygens (including phenoxy) is 1. The van der Waals surface area contributed by atoms with Gasteiger partial charge in [0.2, 0.25) is 5.88 Å². The topological polar surface area (TPSA) is 51.6 Å². The van der Waals surface area contributed by atoms with Crippen LogP contribution in [0.15, 0.2) is 16.5 Å². The Hall–Kier alpha value is -0.940. The van der Waals surface area contributed by atoms with Gasteiger partial charge in [-0.3, -0.25) is 0 Å². The minimum Gasteiger partial charge on any atom is -0.474 e. The molecule has 0 radical (unpaired) electrons. The second kappa shape index (κ2) is 6.48. The minimum atomic E-state index is -1.31. The maximum atomic E-state index is 11.9. The van der Waals surface area contributed by atoms with Crippen LogP contribution in [0.5, 0.6) is 5.88 Å². The molecule has 1 aromatic heterocycles. The molecule has 0 aliphatic carbocycles. The summed E-state index contributed by atoms with van der Waals surface area (Å²) in [6.45, 7) is 9.40. The number of hydrogen-bond donors (Lipinski definition) is 0. The van der Waals surface area contributed by atoms with E-state index in [1.165, 1.54) is 6.21 Å². The summed E-state index contributed by atoms with van der Waals surface area (Å²) in [5.41, 5.74) is 0.663. The standard InChI is InChI=1S/C13H19ClN2O2S/c1-9(2)18-12-10(6-7-11(14)16-12)8-15-19(17)13(3,4)5/h6-9H,1-5H3. The fourth-order valence-corrected chi connectivity index (χ4v) is 1.77. The molecule has 1 rings (SSSR count). The zero-order chi connectivity index (χ0) is 14.6. The fraction of sp³-hybridized carbons (Fsp3) is 0.538. The lowest BCUT2D eigenvalue weighted by molar-refractivity contribution is 0.232. The highest BCUT2D eigenvalue weighted by Crippen LogP contribution is 2.19. The van der Waals surface area contributed by atoms with Crippen molar-refractivity contribution < 1.29 is 8.95 Å². The van der Waals surface area contributed by atoms with Gasteiger partial charge in [0.1, 0.15) is 16.1 Å². The van der Waals surface area contributed by atoms with Crippen molar-refractivity contribution in [2.45, 2.75) is 45.5 Å². The summed E-state index contributed by atoms with van der Waals surface area (Å²) >= 11 is 5.84. The molecule has 0 aliphatic heterocycles. The van der Waals surface area contributed by atoms with E-state index in [9.17, 15) is 4.21 Å². The van der Waals surface area contributed by atoms with Gasteiger partial charge in [0.25, 0.3) is 0 Å². The van der Waals surface area contributed by atoms with E-state index in [0.717, 1.165) is 0 Å². The van der Waals surface area contributed by atoms with Gasteiger partial charge in [-0.1, -0.05) is 11.6 Å². The van der Waals surface area contributed by atoms with E-state index in [1.54, 1.807) is 12.1 Å². The largest absolute Gasteiger partial charge is 0.474 e. The summed E-state index contributed by atoms with van der Waals surface area (Å²) in [5.74, 6) is 0.400. The smallest absolute Gasteiger partial charge is 0.224 e. The maximum absolute atomic E-state index is 11.9. The third-order valence-corrected chi connectivity index (χ3v) is 3.57. The summed E-state index contributed by atoms with van der Waals surface area (Å²) in [7, 11) is -1.31. The number of rotatable bonds is 4. The van der Waals surface area contributed by atoms with Crippen molar-refractivity contribution in [3.63, 3.8) is 0 Å². The van der Waals surface area contributed by atoms with Gasteiger partial charge in [0.05, 0.1) is 22.6 Å². The van der Waals surface area contributed by atoms with Gasteiger partial charge in [-0.15, -0.1) is 0 Å². The molecule has 6 heteroatoms. The van der Waals surface area contributed by atoms with Gasteiger partial charge in [0.15, 0.2) is 0 Å². The molecule has 0 spiro atoms. The van der Waals surface area contributed by atoms with Crippen LogP contribution < -0.4 is 4.74 Å². The van der Waals surface area contributed by atoms with Gasteiger partial charge < -0.3 is 4.74 Å². The highest BCUT2D eigenvalue weighted by atomic mass is 35.5. The summed E-state index contributed by atoms with van der Waals surface area (Å²) in [5, 5.41) is 0.352. The van der Waals surface area contributed by atoms with E-state index in [1.807, 2.05) is 34.6 Å². The third-order valence-electron chi connectivity index (χ3n) is 2.01. The summed E-state index contributed by atoms with van der Waals surface area (Å²) in [6.07, 6.45) is 1.49. The lowest BCUT2D eigenvalue weighted by Crippen LogP contribution is -2.19. The summed E-state index contributed by atoms with van der Waals surface area (Å²) in [6, 6.07) is 3.40. The van der Waals surface area contributed by atoms with Crippen LogP contribution in [-0.2, 0) is 11.0 Å². The van der Waals surface area contributed by atoms with Crippen molar-refractivity contribution in [1.82, 2.24) is 4.98 Å². The first-order valence-corrected chi connectivity index (χ1v) is 7.48. The Kier molecular flexibility index (Phi) is 5.50. The molecule has 0 N–H and O–H groups in total. The first kappa shape index (κ1) is 16.1. The molecular formula is C13H19ClN2O2S. The average Bonchev–Trinajstić information content (AvgIpc) is 2.25. The van der Waals surface area contributed by atoms with Gasteiger partial charge in [-0.2, -0.15) is 4.40 Å². The number of halogens is 1.